The number of non-ortho nitro benzene ring substituents is 1. The van der Waals surface area contributed by atoms with E-state index in [-0.39, 0.29) is 29.2 Å². The number of aryl methyl sites for hydroxylation is 1. The normalized spacial score (nSPS) is 30.0. The van der Waals surface area contributed by atoms with E-state index in [0.717, 1.165) is 41.0 Å². The first-order valence-electron chi connectivity index (χ1n) is 11.2. The highest BCUT2D eigenvalue weighted by atomic mass is 16.6. The van der Waals surface area contributed by atoms with Crippen molar-refractivity contribution in [3.8, 4) is 0 Å². The van der Waals surface area contributed by atoms with Gasteiger partial charge in [0.2, 0.25) is 17.7 Å². The number of nitrogens with one attached hydrogen (secondary N) is 1. The van der Waals surface area contributed by atoms with Gasteiger partial charge in [-0.15, -0.1) is 0 Å². The highest BCUT2D eigenvalue weighted by Gasteiger charge is 2.74. The number of hydrogen-bond donors (Lipinski definition) is 1. The Morgan fingerprint density at radius 3 is 2.70 bits per heavy atom. The predicted molar refractivity (Wildman–Crippen MR) is 118 cm³/mol. The molecule has 33 heavy (non-hydrogen) atoms. The fraction of sp³-hybridized carbons (Fsp3) is 0.375. The van der Waals surface area contributed by atoms with Crippen LogP contribution in [0.5, 0.6) is 0 Å². The van der Waals surface area contributed by atoms with Crippen LogP contribution < -0.4 is 10.2 Å². The summed E-state index contributed by atoms with van der Waals surface area (Å²) in [6.07, 6.45) is 2.29. The number of imide groups is 1. The number of nitro benzene ring substituents is 1. The standard InChI is InChI=1S/C24H22N4O5/c1-2-13-6-3-9-16-20(13)25-23(31)24(16)19-18(17-10-5-11-26(17)24)21(29)27(22(19)30)14-7-4-8-15(12-14)28(32)33/h3-4,6-9,12,17-19H,2,5,10-11H2,1H3,(H,25,31)/t17-,18-,19-,24-/m1/s1. The number of nitro groups is 1. The molecule has 0 aromatic heterocycles. The molecule has 2 aromatic carbocycles. The summed E-state index contributed by atoms with van der Waals surface area (Å²) in [7, 11) is 0. The monoisotopic (exact) mass is 446 g/mol. The Morgan fingerprint density at radius 1 is 1.15 bits per heavy atom. The van der Waals surface area contributed by atoms with Gasteiger partial charge in [-0.2, -0.15) is 0 Å². The van der Waals surface area contributed by atoms with Crippen molar-refractivity contribution in [3.05, 3.63) is 63.7 Å². The van der Waals surface area contributed by atoms with Crippen LogP contribution in [0.15, 0.2) is 42.5 Å². The molecule has 168 valence electrons. The summed E-state index contributed by atoms with van der Waals surface area (Å²) in [5.74, 6) is -2.65. The number of rotatable bonds is 3. The van der Waals surface area contributed by atoms with Crippen LogP contribution >= 0.6 is 0 Å². The highest BCUT2D eigenvalue weighted by Crippen LogP contribution is 2.61. The van der Waals surface area contributed by atoms with Crippen LogP contribution in [0.4, 0.5) is 17.1 Å². The molecule has 4 aliphatic heterocycles. The van der Waals surface area contributed by atoms with Crippen molar-refractivity contribution in [2.24, 2.45) is 11.8 Å². The Bertz CT molecular complexity index is 1260. The molecule has 3 amide bonds. The zero-order valence-corrected chi connectivity index (χ0v) is 18.0. The number of benzene rings is 2. The Morgan fingerprint density at radius 2 is 1.94 bits per heavy atom. The van der Waals surface area contributed by atoms with Gasteiger partial charge in [-0.3, -0.25) is 29.4 Å². The molecule has 9 heteroatoms. The molecule has 0 saturated carbocycles. The van der Waals surface area contributed by atoms with E-state index in [4.69, 9.17) is 0 Å². The zero-order valence-electron chi connectivity index (χ0n) is 18.0. The van der Waals surface area contributed by atoms with Crippen molar-refractivity contribution in [2.45, 2.75) is 37.8 Å². The van der Waals surface area contributed by atoms with Crippen LogP contribution in [-0.4, -0.2) is 40.1 Å². The van der Waals surface area contributed by atoms with E-state index < -0.39 is 28.2 Å². The van der Waals surface area contributed by atoms with Crippen LogP contribution in [0.2, 0.25) is 0 Å². The Labute approximate surface area is 189 Å². The second kappa shape index (κ2) is 6.71. The summed E-state index contributed by atoms with van der Waals surface area (Å²) in [6.45, 7) is 2.65. The number of anilines is 2. The molecular weight excluding hydrogens is 424 g/mol. The van der Waals surface area contributed by atoms with Gasteiger partial charge in [0, 0.05) is 29.4 Å². The van der Waals surface area contributed by atoms with Gasteiger partial charge in [-0.05, 0) is 37.4 Å². The van der Waals surface area contributed by atoms with E-state index in [1.54, 1.807) is 0 Å². The Hall–Kier alpha value is -3.59. The minimum absolute atomic E-state index is 0.175. The van der Waals surface area contributed by atoms with E-state index in [9.17, 15) is 24.5 Å². The van der Waals surface area contributed by atoms with Gasteiger partial charge >= 0.3 is 0 Å². The maximum Gasteiger partial charge on any atom is 0.271 e. The summed E-state index contributed by atoms with van der Waals surface area (Å²) < 4.78 is 0. The Kier molecular flexibility index (Phi) is 4.08. The molecule has 0 aliphatic carbocycles. The molecule has 2 aromatic rings. The maximum atomic E-state index is 13.9. The lowest BCUT2D eigenvalue weighted by Gasteiger charge is -2.36. The number of hydrogen-bond acceptors (Lipinski definition) is 6. The molecule has 4 aliphatic rings. The average Bonchev–Trinajstić information content (AvgIpc) is 3.51. The number of fused-ring (bicyclic) bond motifs is 7. The minimum atomic E-state index is -1.24. The lowest BCUT2D eigenvalue weighted by Crippen LogP contribution is -2.54. The van der Waals surface area contributed by atoms with Gasteiger partial charge in [0.1, 0.15) is 5.54 Å². The number of nitrogens with zero attached hydrogens (tertiary/aromatic N) is 3. The molecule has 1 spiro atoms. The lowest BCUT2D eigenvalue weighted by molar-refractivity contribution is -0.384. The Balaban J connectivity index is 1.54. The van der Waals surface area contributed by atoms with E-state index in [2.05, 4.69) is 10.2 Å². The first kappa shape index (κ1) is 20.0. The summed E-state index contributed by atoms with van der Waals surface area (Å²) in [5, 5.41) is 14.3. The van der Waals surface area contributed by atoms with Crippen molar-refractivity contribution in [1.29, 1.82) is 0 Å². The van der Waals surface area contributed by atoms with Crippen molar-refractivity contribution < 1.29 is 19.3 Å². The molecule has 3 saturated heterocycles. The summed E-state index contributed by atoms with van der Waals surface area (Å²) in [6, 6.07) is 11.1. The second-order valence-electron chi connectivity index (χ2n) is 9.11. The first-order chi connectivity index (χ1) is 15.9. The molecule has 1 N–H and O–H groups in total. The number of carbonyl (C=O) groups is 3. The zero-order chi connectivity index (χ0) is 23.1. The largest absolute Gasteiger partial charge is 0.324 e. The maximum absolute atomic E-state index is 13.9. The molecule has 3 fully saturated rings. The van der Waals surface area contributed by atoms with Crippen LogP contribution in [0.3, 0.4) is 0 Å². The molecule has 6 rings (SSSR count). The van der Waals surface area contributed by atoms with Crippen LogP contribution in [0, 0.1) is 22.0 Å². The summed E-state index contributed by atoms with van der Waals surface area (Å²) >= 11 is 0. The van der Waals surface area contributed by atoms with E-state index in [1.165, 1.54) is 24.3 Å². The first-order valence-corrected chi connectivity index (χ1v) is 11.2. The quantitative estimate of drug-likeness (QED) is 0.441. The van der Waals surface area contributed by atoms with Crippen LogP contribution in [0.1, 0.15) is 30.9 Å². The molecule has 0 radical (unpaired) electrons. The van der Waals surface area contributed by atoms with Gasteiger partial charge in [0.05, 0.1) is 22.4 Å². The predicted octanol–water partition coefficient (Wildman–Crippen LogP) is 2.59. The molecule has 4 atom stereocenters. The van der Waals surface area contributed by atoms with Crippen molar-refractivity contribution in [2.75, 3.05) is 16.8 Å². The fourth-order valence-electron chi connectivity index (χ4n) is 6.59. The third-order valence-corrected chi connectivity index (χ3v) is 7.79. The van der Waals surface area contributed by atoms with E-state index in [1.807, 2.05) is 25.1 Å². The smallest absolute Gasteiger partial charge is 0.271 e. The van der Waals surface area contributed by atoms with E-state index in [0.29, 0.717) is 6.54 Å². The van der Waals surface area contributed by atoms with Crippen LogP contribution in [0.25, 0.3) is 0 Å². The van der Waals surface area contributed by atoms with Crippen molar-refractivity contribution in [1.82, 2.24) is 4.90 Å². The number of amides is 3. The van der Waals surface area contributed by atoms with Gasteiger partial charge < -0.3 is 5.32 Å². The van der Waals surface area contributed by atoms with Crippen molar-refractivity contribution in [3.63, 3.8) is 0 Å². The topological polar surface area (TPSA) is 113 Å². The second-order valence-corrected chi connectivity index (χ2v) is 9.11. The van der Waals surface area contributed by atoms with Crippen LogP contribution in [-0.2, 0) is 26.3 Å². The van der Waals surface area contributed by atoms with Gasteiger partial charge in [-0.1, -0.05) is 31.2 Å². The lowest BCUT2D eigenvalue weighted by atomic mass is 9.75. The van der Waals surface area contributed by atoms with Gasteiger partial charge in [-0.25, -0.2) is 4.90 Å². The van der Waals surface area contributed by atoms with E-state index >= 15 is 0 Å². The molecule has 0 bridgehead atoms. The molecule has 9 nitrogen and oxygen atoms in total. The number of carbonyl (C=O) groups excluding carboxylic acids is 3. The van der Waals surface area contributed by atoms with Crippen molar-refractivity contribution >= 4 is 34.8 Å². The third-order valence-electron chi connectivity index (χ3n) is 7.79. The fourth-order valence-corrected chi connectivity index (χ4v) is 6.59. The summed E-state index contributed by atoms with van der Waals surface area (Å²) in [5.41, 5.74) is 1.23. The number of para-hydroxylation sites is 1. The summed E-state index contributed by atoms with van der Waals surface area (Å²) in [4.78, 5) is 55.2. The minimum Gasteiger partial charge on any atom is -0.324 e. The third kappa shape index (κ3) is 2.32. The molecule has 0 unspecified atom stereocenters. The highest BCUT2D eigenvalue weighted by molar-refractivity contribution is 6.26. The van der Waals surface area contributed by atoms with Gasteiger partial charge in [0.15, 0.2) is 0 Å². The average molecular weight is 446 g/mol. The SMILES string of the molecule is CCc1cccc2c1NC(=O)[C@]21[C@H]2C(=O)N(c3cccc([N+](=O)[O-])c3)C(=O)[C@@H]2[C@H]2CCCN21. The molecule has 4 heterocycles. The van der Waals surface area contributed by atoms with Gasteiger partial charge in [0.25, 0.3) is 5.69 Å². The molecular formula is C24H22N4O5.